The van der Waals surface area contributed by atoms with E-state index in [0.29, 0.717) is 25.3 Å². The van der Waals surface area contributed by atoms with Gasteiger partial charge in [0.2, 0.25) is 0 Å². The molecule has 3 aliphatic heterocycles. The van der Waals surface area contributed by atoms with Crippen LogP contribution in [-0.4, -0.2) is 59.5 Å². The zero-order valence-electron chi connectivity index (χ0n) is 18.7. The number of carbonyl (C=O) groups is 1. The summed E-state index contributed by atoms with van der Waals surface area (Å²) in [6.07, 6.45) is 5.55. The third kappa shape index (κ3) is 4.13. The molecule has 0 saturated carbocycles. The molecule has 0 bridgehead atoms. The summed E-state index contributed by atoms with van der Waals surface area (Å²) in [6.45, 7) is 5.15. The maximum Gasteiger partial charge on any atom is 0.274 e. The summed E-state index contributed by atoms with van der Waals surface area (Å²) in [7, 11) is 0. The summed E-state index contributed by atoms with van der Waals surface area (Å²) in [5, 5.41) is 3.08. The van der Waals surface area contributed by atoms with Crippen molar-refractivity contribution >= 4 is 24.0 Å². The lowest BCUT2D eigenvalue weighted by Crippen LogP contribution is -2.36. The first-order valence-corrected chi connectivity index (χ1v) is 11.5. The van der Waals surface area contributed by atoms with Gasteiger partial charge in [-0.05, 0) is 41.5 Å². The Hall–Kier alpha value is -3.75. The largest absolute Gasteiger partial charge is 0.379 e. The molecule has 0 radical (unpaired) electrons. The lowest BCUT2D eigenvalue weighted by atomic mass is 9.98. The van der Waals surface area contributed by atoms with Gasteiger partial charge in [-0.1, -0.05) is 6.07 Å². The van der Waals surface area contributed by atoms with Crippen LogP contribution in [0.2, 0.25) is 0 Å². The SMILES string of the molecule is O=C(Nc1cc(-c2cnc3c(c2)C=NC3)cc2c1C=NC2)c1cccc(CN2CCOCC2)n1. The monoisotopic (exact) mass is 452 g/mol. The van der Waals surface area contributed by atoms with Crippen molar-refractivity contribution in [2.75, 3.05) is 31.6 Å². The highest BCUT2D eigenvalue weighted by atomic mass is 16.5. The molecule has 5 heterocycles. The van der Waals surface area contributed by atoms with Gasteiger partial charge in [0.1, 0.15) is 5.69 Å². The highest BCUT2D eigenvalue weighted by Crippen LogP contribution is 2.32. The third-order valence-corrected chi connectivity index (χ3v) is 6.33. The van der Waals surface area contributed by atoms with Gasteiger partial charge >= 0.3 is 0 Å². The minimum absolute atomic E-state index is 0.234. The van der Waals surface area contributed by atoms with E-state index in [1.165, 1.54) is 0 Å². The summed E-state index contributed by atoms with van der Waals surface area (Å²) >= 11 is 0. The number of nitrogens with one attached hydrogen (secondary N) is 1. The number of aliphatic imine (C=N–C) groups is 2. The van der Waals surface area contributed by atoms with Crippen molar-refractivity contribution in [2.24, 2.45) is 9.98 Å². The summed E-state index contributed by atoms with van der Waals surface area (Å²) in [5.74, 6) is -0.234. The second-order valence-corrected chi connectivity index (χ2v) is 8.65. The van der Waals surface area contributed by atoms with Gasteiger partial charge in [0, 0.05) is 55.0 Å². The fourth-order valence-electron chi connectivity index (χ4n) is 4.51. The quantitative estimate of drug-likeness (QED) is 0.642. The third-order valence-electron chi connectivity index (χ3n) is 6.33. The number of aromatic nitrogens is 2. The topological polar surface area (TPSA) is 92.1 Å². The molecule has 0 atom stereocenters. The average Bonchev–Trinajstić information content (AvgIpc) is 3.54. The molecule has 34 heavy (non-hydrogen) atoms. The van der Waals surface area contributed by atoms with Crippen LogP contribution in [0, 0.1) is 0 Å². The molecule has 1 saturated heterocycles. The Kier molecular flexibility index (Phi) is 5.44. The number of ether oxygens (including phenoxy) is 1. The van der Waals surface area contributed by atoms with Gasteiger partial charge in [-0.2, -0.15) is 0 Å². The average molecular weight is 453 g/mol. The maximum absolute atomic E-state index is 13.2. The fourth-order valence-corrected chi connectivity index (χ4v) is 4.51. The number of carbonyl (C=O) groups excluding carboxylic acids is 1. The van der Waals surface area contributed by atoms with Crippen molar-refractivity contribution in [1.29, 1.82) is 0 Å². The van der Waals surface area contributed by atoms with Gasteiger partial charge in [0.25, 0.3) is 5.91 Å². The number of benzene rings is 1. The van der Waals surface area contributed by atoms with Gasteiger partial charge in [-0.3, -0.25) is 24.7 Å². The fraction of sp³-hybridized carbons (Fsp3) is 0.269. The Labute approximate surface area is 197 Å². The molecule has 1 aromatic carbocycles. The molecule has 0 aliphatic carbocycles. The molecule has 6 rings (SSSR count). The van der Waals surface area contributed by atoms with Crippen LogP contribution in [0.1, 0.15) is 38.6 Å². The molecular weight excluding hydrogens is 428 g/mol. The van der Waals surface area contributed by atoms with Gasteiger partial charge in [0.05, 0.1) is 43.4 Å². The van der Waals surface area contributed by atoms with Crippen molar-refractivity contribution in [3.63, 3.8) is 0 Å². The van der Waals surface area contributed by atoms with Crippen molar-refractivity contribution in [2.45, 2.75) is 19.6 Å². The van der Waals surface area contributed by atoms with Gasteiger partial charge < -0.3 is 10.1 Å². The Morgan fingerprint density at radius 1 is 1.03 bits per heavy atom. The van der Waals surface area contributed by atoms with Crippen molar-refractivity contribution in [3.05, 3.63) is 76.4 Å². The molecule has 170 valence electrons. The zero-order valence-corrected chi connectivity index (χ0v) is 18.7. The number of rotatable bonds is 5. The van der Waals surface area contributed by atoms with E-state index in [-0.39, 0.29) is 5.91 Å². The molecule has 0 unspecified atom stereocenters. The molecule has 1 amide bonds. The molecule has 2 aromatic heterocycles. The predicted octanol–water partition coefficient (Wildman–Crippen LogP) is 3.09. The predicted molar refractivity (Wildman–Crippen MR) is 131 cm³/mol. The minimum atomic E-state index is -0.234. The summed E-state index contributed by atoms with van der Waals surface area (Å²) in [4.78, 5) is 33.4. The number of pyridine rings is 2. The van der Waals surface area contributed by atoms with E-state index in [1.807, 2.05) is 36.8 Å². The summed E-state index contributed by atoms with van der Waals surface area (Å²) in [5.41, 5.74) is 8.04. The number of amides is 1. The van der Waals surface area contributed by atoms with E-state index in [1.54, 1.807) is 6.07 Å². The number of hydrogen-bond acceptors (Lipinski definition) is 7. The number of fused-ring (bicyclic) bond motifs is 2. The van der Waals surface area contributed by atoms with Crippen LogP contribution in [-0.2, 0) is 24.4 Å². The van der Waals surface area contributed by atoms with E-state index in [9.17, 15) is 4.79 Å². The van der Waals surface area contributed by atoms with Crippen LogP contribution < -0.4 is 5.32 Å². The first kappa shape index (κ1) is 20.8. The van der Waals surface area contributed by atoms with E-state index in [4.69, 9.17) is 4.74 Å². The van der Waals surface area contributed by atoms with E-state index < -0.39 is 0 Å². The lowest BCUT2D eigenvalue weighted by Gasteiger charge is -2.26. The smallest absolute Gasteiger partial charge is 0.274 e. The maximum atomic E-state index is 13.2. The lowest BCUT2D eigenvalue weighted by molar-refractivity contribution is 0.0336. The van der Waals surface area contributed by atoms with E-state index in [0.717, 1.165) is 71.2 Å². The van der Waals surface area contributed by atoms with Crippen LogP contribution in [0.4, 0.5) is 5.69 Å². The molecule has 1 fully saturated rings. The number of morpholine rings is 1. The molecule has 8 nitrogen and oxygen atoms in total. The minimum Gasteiger partial charge on any atom is -0.379 e. The highest BCUT2D eigenvalue weighted by Gasteiger charge is 2.19. The van der Waals surface area contributed by atoms with Crippen LogP contribution >= 0.6 is 0 Å². The van der Waals surface area contributed by atoms with Crippen LogP contribution in [0.5, 0.6) is 0 Å². The van der Waals surface area contributed by atoms with Crippen molar-refractivity contribution in [1.82, 2.24) is 14.9 Å². The second-order valence-electron chi connectivity index (χ2n) is 8.65. The van der Waals surface area contributed by atoms with E-state index >= 15 is 0 Å². The molecule has 3 aromatic rings. The molecular formula is C26H24N6O2. The first-order valence-electron chi connectivity index (χ1n) is 11.5. The number of anilines is 1. The molecule has 8 heteroatoms. The summed E-state index contributed by atoms with van der Waals surface area (Å²) < 4.78 is 5.42. The van der Waals surface area contributed by atoms with Gasteiger partial charge in [-0.25, -0.2) is 4.98 Å². The van der Waals surface area contributed by atoms with Crippen LogP contribution in [0.25, 0.3) is 11.1 Å². The summed E-state index contributed by atoms with van der Waals surface area (Å²) in [6, 6.07) is 11.8. The normalized spacial score (nSPS) is 16.5. The van der Waals surface area contributed by atoms with Crippen LogP contribution in [0.3, 0.4) is 0 Å². The zero-order chi connectivity index (χ0) is 22.9. The van der Waals surface area contributed by atoms with Gasteiger partial charge in [0.15, 0.2) is 0 Å². The Balaban J connectivity index is 1.26. The Morgan fingerprint density at radius 3 is 2.82 bits per heavy atom. The van der Waals surface area contributed by atoms with Crippen molar-refractivity contribution < 1.29 is 9.53 Å². The second kappa shape index (κ2) is 8.89. The van der Waals surface area contributed by atoms with Crippen molar-refractivity contribution in [3.8, 4) is 11.1 Å². The molecule has 1 N–H and O–H groups in total. The Morgan fingerprint density at radius 2 is 1.91 bits per heavy atom. The first-order chi connectivity index (χ1) is 16.7. The Bertz CT molecular complexity index is 1330. The van der Waals surface area contributed by atoms with E-state index in [2.05, 4.69) is 42.3 Å². The number of hydrogen-bond donors (Lipinski definition) is 1. The number of nitrogens with zero attached hydrogens (tertiary/aromatic N) is 5. The molecule has 3 aliphatic rings. The highest BCUT2D eigenvalue weighted by molar-refractivity contribution is 6.07. The molecule has 0 spiro atoms. The standard InChI is InChI=1S/C26H24N6O2/c33-26(23-3-1-2-21(30-23)16-32-4-6-34-7-5-32)31-24-10-17(8-19-11-27-14-22(19)24)18-9-20-12-28-15-25(20)29-13-18/h1-3,8-10,12-14H,4-7,11,15-16H2,(H,31,33). The van der Waals surface area contributed by atoms with Crippen LogP contribution in [0.15, 0.2) is 52.6 Å². The van der Waals surface area contributed by atoms with Gasteiger partial charge in [-0.15, -0.1) is 0 Å².